The highest BCUT2D eigenvalue weighted by Gasteiger charge is 2.16. The van der Waals surface area contributed by atoms with Gasteiger partial charge < -0.3 is 15.6 Å². The molecule has 0 aliphatic heterocycles. The van der Waals surface area contributed by atoms with Gasteiger partial charge in [0.15, 0.2) is 0 Å². The number of fused-ring (bicyclic) bond motifs is 1. The van der Waals surface area contributed by atoms with Crippen molar-refractivity contribution in [2.45, 2.75) is 6.04 Å². The number of nitrogens with two attached hydrogens (primary N) is 1. The lowest BCUT2D eigenvalue weighted by atomic mass is 10.1. The highest BCUT2D eigenvalue weighted by Crippen LogP contribution is 2.26. The lowest BCUT2D eigenvalue weighted by Gasteiger charge is -2.22. The van der Waals surface area contributed by atoms with Crippen molar-refractivity contribution in [2.75, 3.05) is 20.6 Å². The molecule has 1 aromatic heterocycles. The first kappa shape index (κ1) is 11.1. The second-order valence-corrected chi connectivity index (χ2v) is 4.15. The van der Waals surface area contributed by atoms with Crippen molar-refractivity contribution in [1.29, 1.82) is 0 Å². The van der Waals surface area contributed by atoms with Crippen molar-refractivity contribution in [1.82, 2.24) is 9.88 Å². The smallest absolute Gasteiger partial charge is 0.125 e. The van der Waals surface area contributed by atoms with Crippen LogP contribution >= 0.6 is 0 Å². The highest BCUT2D eigenvalue weighted by atomic mass is 19.1. The van der Waals surface area contributed by atoms with Gasteiger partial charge in [0.2, 0.25) is 0 Å². The minimum atomic E-state index is -0.227. The summed E-state index contributed by atoms with van der Waals surface area (Å²) in [7, 11) is 3.97. The van der Waals surface area contributed by atoms with Gasteiger partial charge in [0.1, 0.15) is 5.82 Å². The van der Waals surface area contributed by atoms with Crippen LogP contribution in [0.4, 0.5) is 4.39 Å². The fourth-order valence-electron chi connectivity index (χ4n) is 2.01. The van der Waals surface area contributed by atoms with Gasteiger partial charge in [-0.3, -0.25) is 0 Å². The molecule has 0 bridgehead atoms. The van der Waals surface area contributed by atoms with E-state index in [1.807, 2.05) is 20.3 Å². The molecule has 3 N–H and O–H groups in total. The third-order valence-electron chi connectivity index (χ3n) is 2.88. The van der Waals surface area contributed by atoms with E-state index in [1.54, 1.807) is 6.07 Å². The topological polar surface area (TPSA) is 45.0 Å². The molecule has 1 aromatic carbocycles. The van der Waals surface area contributed by atoms with Crippen molar-refractivity contribution >= 4 is 10.9 Å². The fourth-order valence-corrected chi connectivity index (χ4v) is 2.01. The van der Waals surface area contributed by atoms with Gasteiger partial charge in [-0.15, -0.1) is 0 Å². The zero-order valence-electron chi connectivity index (χ0n) is 9.50. The molecule has 0 saturated carbocycles. The number of aromatic amines is 1. The molecule has 0 amide bonds. The molecular formula is C12H16FN3. The number of H-pyrrole nitrogens is 1. The Bertz CT molecular complexity index is 490. The van der Waals surface area contributed by atoms with Gasteiger partial charge >= 0.3 is 0 Å². The van der Waals surface area contributed by atoms with Crippen LogP contribution in [0.3, 0.4) is 0 Å². The van der Waals surface area contributed by atoms with Crippen LogP contribution in [0, 0.1) is 5.82 Å². The number of rotatable bonds is 3. The van der Waals surface area contributed by atoms with Gasteiger partial charge in [0.25, 0.3) is 0 Å². The largest absolute Gasteiger partial charge is 0.361 e. The summed E-state index contributed by atoms with van der Waals surface area (Å²) in [4.78, 5) is 5.14. The number of nitrogens with one attached hydrogen (secondary N) is 1. The molecule has 3 nitrogen and oxygen atoms in total. The summed E-state index contributed by atoms with van der Waals surface area (Å²) in [6, 6.07) is 4.92. The molecule has 0 radical (unpaired) electrons. The van der Waals surface area contributed by atoms with E-state index in [2.05, 4.69) is 9.88 Å². The molecule has 1 unspecified atom stereocenters. The molecule has 4 heteroatoms. The van der Waals surface area contributed by atoms with E-state index in [0.29, 0.717) is 6.54 Å². The summed E-state index contributed by atoms with van der Waals surface area (Å²) in [6.07, 6.45) is 1.90. The van der Waals surface area contributed by atoms with E-state index in [9.17, 15) is 4.39 Å². The molecule has 0 fully saturated rings. The molecule has 0 aliphatic carbocycles. The molecular weight excluding hydrogens is 205 g/mol. The minimum absolute atomic E-state index is 0.152. The standard InChI is InChI=1S/C12H16FN3/c1-16(2)12(6-14)10-7-15-11-5-8(13)3-4-9(10)11/h3-5,7,12,15H,6,14H2,1-2H3. The Morgan fingerprint density at radius 3 is 2.81 bits per heavy atom. The quantitative estimate of drug-likeness (QED) is 0.831. The molecule has 16 heavy (non-hydrogen) atoms. The lowest BCUT2D eigenvalue weighted by Crippen LogP contribution is -2.26. The summed E-state index contributed by atoms with van der Waals surface area (Å²) < 4.78 is 13.0. The predicted octanol–water partition coefficient (Wildman–Crippen LogP) is 1.87. The molecule has 2 aromatic rings. The van der Waals surface area contributed by atoms with Gasteiger partial charge in [-0.2, -0.15) is 0 Å². The third kappa shape index (κ3) is 1.81. The molecule has 2 rings (SSSR count). The first-order chi connectivity index (χ1) is 7.63. The van der Waals surface area contributed by atoms with Gasteiger partial charge in [-0.1, -0.05) is 0 Å². The highest BCUT2D eigenvalue weighted by molar-refractivity contribution is 5.83. The second-order valence-electron chi connectivity index (χ2n) is 4.15. The normalized spacial score (nSPS) is 13.6. The van der Waals surface area contributed by atoms with Crippen molar-refractivity contribution < 1.29 is 4.39 Å². The number of nitrogens with zero attached hydrogens (tertiary/aromatic N) is 1. The number of hydrogen-bond acceptors (Lipinski definition) is 2. The van der Waals surface area contributed by atoms with Crippen LogP contribution in [0.25, 0.3) is 10.9 Å². The van der Waals surface area contributed by atoms with E-state index in [1.165, 1.54) is 12.1 Å². The first-order valence-electron chi connectivity index (χ1n) is 5.26. The Morgan fingerprint density at radius 2 is 2.19 bits per heavy atom. The van der Waals surface area contributed by atoms with E-state index in [-0.39, 0.29) is 11.9 Å². The van der Waals surface area contributed by atoms with Crippen molar-refractivity contribution in [2.24, 2.45) is 5.73 Å². The van der Waals surface area contributed by atoms with E-state index in [0.717, 1.165) is 16.5 Å². The van der Waals surface area contributed by atoms with E-state index in [4.69, 9.17) is 5.73 Å². The molecule has 0 saturated heterocycles. The minimum Gasteiger partial charge on any atom is -0.361 e. The second kappa shape index (κ2) is 4.23. The van der Waals surface area contributed by atoms with Crippen LogP contribution in [0.15, 0.2) is 24.4 Å². The number of benzene rings is 1. The zero-order chi connectivity index (χ0) is 11.7. The summed E-state index contributed by atoms with van der Waals surface area (Å²) in [6.45, 7) is 0.539. The van der Waals surface area contributed by atoms with Gasteiger partial charge in [-0.25, -0.2) is 4.39 Å². The average Bonchev–Trinajstić information content (AvgIpc) is 2.62. The number of likely N-dealkylation sites (N-methyl/N-ethyl adjacent to an activating group) is 1. The Hall–Kier alpha value is -1.39. The fraction of sp³-hybridized carbons (Fsp3) is 0.333. The van der Waals surface area contributed by atoms with Crippen LogP contribution in [-0.4, -0.2) is 30.5 Å². The maximum absolute atomic E-state index is 13.0. The van der Waals surface area contributed by atoms with Crippen molar-refractivity contribution in [3.63, 3.8) is 0 Å². The monoisotopic (exact) mass is 221 g/mol. The predicted molar refractivity (Wildman–Crippen MR) is 63.7 cm³/mol. The lowest BCUT2D eigenvalue weighted by molar-refractivity contribution is 0.308. The number of halogens is 1. The molecule has 86 valence electrons. The summed E-state index contributed by atoms with van der Waals surface area (Å²) in [5.41, 5.74) is 7.68. The Labute approximate surface area is 94.0 Å². The Kier molecular flexibility index (Phi) is 2.94. The van der Waals surface area contributed by atoms with Crippen LogP contribution in [-0.2, 0) is 0 Å². The molecule has 0 aliphatic rings. The maximum Gasteiger partial charge on any atom is 0.125 e. The first-order valence-corrected chi connectivity index (χ1v) is 5.26. The zero-order valence-corrected chi connectivity index (χ0v) is 9.50. The SMILES string of the molecule is CN(C)C(CN)c1c[nH]c2cc(F)ccc12. The Morgan fingerprint density at radius 1 is 1.44 bits per heavy atom. The summed E-state index contributed by atoms with van der Waals surface area (Å²) >= 11 is 0. The third-order valence-corrected chi connectivity index (χ3v) is 2.88. The summed E-state index contributed by atoms with van der Waals surface area (Å²) in [5, 5.41) is 1.03. The van der Waals surface area contributed by atoms with Crippen LogP contribution in [0.5, 0.6) is 0 Å². The van der Waals surface area contributed by atoms with Gasteiger partial charge in [0, 0.05) is 29.7 Å². The number of hydrogen-bond donors (Lipinski definition) is 2. The van der Waals surface area contributed by atoms with Crippen molar-refractivity contribution in [3.8, 4) is 0 Å². The van der Waals surface area contributed by atoms with E-state index < -0.39 is 0 Å². The number of aromatic nitrogens is 1. The Balaban J connectivity index is 2.52. The van der Waals surface area contributed by atoms with Crippen molar-refractivity contribution in [3.05, 3.63) is 35.8 Å². The van der Waals surface area contributed by atoms with Crippen LogP contribution < -0.4 is 5.73 Å². The molecule has 1 atom stereocenters. The average molecular weight is 221 g/mol. The summed E-state index contributed by atoms with van der Waals surface area (Å²) in [5.74, 6) is -0.227. The van der Waals surface area contributed by atoms with Crippen LogP contribution in [0.1, 0.15) is 11.6 Å². The molecule has 1 heterocycles. The van der Waals surface area contributed by atoms with Gasteiger partial charge in [-0.05, 0) is 37.9 Å². The maximum atomic E-state index is 13.0. The van der Waals surface area contributed by atoms with Crippen LogP contribution in [0.2, 0.25) is 0 Å². The van der Waals surface area contributed by atoms with E-state index >= 15 is 0 Å². The molecule has 0 spiro atoms. The van der Waals surface area contributed by atoms with Gasteiger partial charge in [0.05, 0.1) is 0 Å².